The number of carbonyl (C=O) groups is 1. The Labute approximate surface area is 111 Å². The molecular weight excluding hydrogens is 224 g/mol. The largest absolute Gasteiger partial charge is 0.353 e. The molecule has 0 bridgehead atoms. The number of rotatable bonds is 4. The van der Waals surface area contributed by atoms with Gasteiger partial charge in [0.15, 0.2) is 0 Å². The number of hydrogen-bond acceptors (Lipinski definition) is 2. The van der Waals surface area contributed by atoms with E-state index in [9.17, 15) is 4.79 Å². The van der Waals surface area contributed by atoms with E-state index in [1.54, 1.807) is 0 Å². The van der Waals surface area contributed by atoms with Crippen LogP contribution >= 0.6 is 0 Å². The molecule has 0 aromatic heterocycles. The van der Waals surface area contributed by atoms with Crippen LogP contribution in [-0.2, 0) is 4.79 Å². The summed E-state index contributed by atoms with van der Waals surface area (Å²) in [4.78, 5) is 12.0. The standard InChI is InChI=1S/C15H28N2O/c1-15(2)9-3-6-13(15)17-14(18)8-7-12-5-4-10-16-11-12/h12-13,16H,3-11H2,1-2H3,(H,17,18). The predicted molar refractivity (Wildman–Crippen MR) is 74.4 cm³/mol. The molecule has 2 aliphatic rings. The van der Waals surface area contributed by atoms with Crippen LogP contribution in [0, 0.1) is 11.3 Å². The second-order valence-electron chi connectivity index (χ2n) is 6.75. The van der Waals surface area contributed by atoms with Crippen LogP contribution in [-0.4, -0.2) is 25.0 Å². The average molecular weight is 252 g/mol. The van der Waals surface area contributed by atoms with Crippen LogP contribution < -0.4 is 10.6 Å². The van der Waals surface area contributed by atoms with Gasteiger partial charge in [-0.15, -0.1) is 0 Å². The van der Waals surface area contributed by atoms with Crippen LogP contribution in [0.1, 0.15) is 58.8 Å². The van der Waals surface area contributed by atoms with Gasteiger partial charge in [-0.1, -0.05) is 20.3 Å². The molecule has 2 rings (SSSR count). The van der Waals surface area contributed by atoms with Gasteiger partial charge in [-0.3, -0.25) is 4.79 Å². The molecule has 18 heavy (non-hydrogen) atoms. The molecule has 3 nitrogen and oxygen atoms in total. The maximum atomic E-state index is 12.0. The third-order valence-corrected chi connectivity index (χ3v) is 4.77. The number of amides is 1. The highest BCUT2D eigenvalue weighted by Crippen LogP contribution is 2.37. The first-order chi connectivity index (χ1) is 8.58. The monoisotopic (exact) mass is 252 g/mol. The van der Waals surface area contributed by atoms with E-state index < -0.39 is 0 Å². The summed E-state index contributed by atoms with van der Waals surface area (Å²) in [5.74, 6) is 0.974. The van der Waals surface area contributed by atoms with Gasteiger partial charge in [0.1, 0.15) is 0 Å². The SMILES string of the molecule is CC1(C)CCCC1NC(=O)CCC1CCCNC1. The molecule has 2 unspecified atom stereocenters. The molecule has 2 atom stereocenters. The summed E-state index contributed by atoms with van der Waals surface area (Å²) in [7, 11) is 0. The molecule has 0 aromatic rings. The summed E-state index contributed by atoms with van der Waals surface area (Å²) in [5, 5.41) is 6.66. The van der Waals surface area contributed by atoms with Crippen molar-refractivity contribution in [2.45, 2.75) is 64.8 Å². The van der Waals surface area contributed by atoms with Crippen LogP contribution in [0.2, 0.25) is 0 Å². The number of piperidine rings is 1. The van der Waals surface area contributed by atoms with Crippen LogP contribution in [0.15, 0.2) is 0 Å². The van der Waals surface area contributed by atoms with E-state index in [-0.39, 0.29) is 5.91 Å². The Morgan fingerprint density at radius 1 is 1.33 bits per heavy atom. The molecule has 1 aliphatic heterocycles. The lowest BCUT2D eigenvalue weighted by molar-refractivity contribution is -0.122. The Balaban J connectivity index is 1.68. The lowest BCUT2D eigenvalue weighted by atomic mass is 9.87. The van der Waals surface area contributed by atoms with Gasteiger partial charge in [0.05, 0.1) is 0 Å². The zero-order chi connectivity index (χ0) is 13.0. The first-order valence-corrected chi connectivity index (χ1v) is 7.58. The molecule has 2 fully saturated rings. The Morgan fingerprint density at radius 2 is 2.17 bits per heavy atom. The third-order valence-electron chi connectivity index (χ3n) is 4.77. The first-order valence-electron chi connectivity index (χ1n) is 7.58. The summed E-state index contributed by atoms with van der Waals surface area (Å²) in [6, 6.07) is 0.398. The summed E-state index contributed by atoms with van der Waals surface area (Å²) >= 11 is 0. The average Bonchev–Trinajstić information content (AvgIpc) is 2.68. The van der Waals surface area contributed by atoms with E-state index in [0.717, 1.165) is 25.9 Å². The lowest BCUT2D eigenvalue weighted by Gasteiger charge is -2.28. The van der Waals surface area contributed by atoms with Crippen molar-refractivity contribution in [3.05, 3.63) is 0 Å². The maximum Gasteiger partial charge on any atom is 0.220 e. The van der Waals surface area contributed by atoms with E-state index in [0.29, 0.717) is 23.8 Å². The quantitative estimate of drug-likeness (QED) is 0.807. The highest BCUT2D eigenvalue weighted by Gasteiger charge is 2.35. The van der Waals surface area contributed by atoms with Gasteiger partial charge in [0.25, 0.3) is 0 Å². The van der Waals surface area contributed by atoms with Crippen molar-refractivity contribution in [2.75, 3.05) is 13.1 Å². The fourth-order valence-electron chi connectivity index (χ4n) is 3.37. The fraction of sp³-hybridized carbons (Fsp3) is 0.933. The summed E-state index contributed by atoms with van der Waals surface area (Å²) < 4.78 is 0. The van der Waals surface area contributed by atoms with Crippen molar-refractivity contribution >= 4 is 5.91 Å². The smallest absolute Gasteiger partial charge is 0.220 e. The highest BCUT2D eigenvalue weighted by atomic mass is 16.1. The lowest BCUT2D eigenvalue weighted by Crippen LogP contribution is -2.41. The Kier molecular flexibility index (Phi) is 4.66. The Bertz CT molecular complexity index is 282. The van der Waals surface area contributed by atoms with E-state index in [1.165, 1.54) is 25.7 Å². The molecule has 0 radical (unpaired) electrons. The molecule has 2 N–H and O–H groups in total. The van der Waals surface area contributed by atoms with Crippen LogP contribution in [0.3, 0.4) is 0 Å². The highest BCUT2D eigenvalue weighted by molar-refractivity contribution is 5.76. The minimum atomic E-state index is 0.264. The van der Waals surface area contributed by atoms with E-state index in [4.69, 9.17) is 0 Å². The molecule has 3 heteroatoms. The van der Waals surface area contributed by atoms with Crippen molar-refractivity contribution in [1.82, 2.24) is 10.6 Å². The molecule has 0 spiro atoms. The zero-order valence-electron chi connectivity index (χ0n) is 11.9. The van der Waals surface area contributed by atoms with Gasteiger partial charge >= 0.3 is 0 Å². The van der Waals surface area contributed by atoms with Gasteiger partial charge in [0.2, 0.25) is 5.91 Å². The molecular formula is C15H28N2O. The fourth-order valence-corrected chi connectivity index (χ4v) is 3.37. The summed E-state index contributed by atoms with van der Waals surface area (Å²) in [6.07, 6.45) is 7.96. The third kappa shape index (κ3) is 3.71. The first kappa shape index (κ1) is 13.9. The van der Waals surface area contributed by atoms with Gasteiger partial charge in [0, 0.05) is 12.5 Å². The molecule has 0 aromatic carbocycles. The van der Waals surface area contributed by atoms with E-state index in [2.05, 4.69) is 24.5 Å². The van der Waals surface area contributed by atoms with E-state index >= 15 is 0 Å². The van der Waals surface area contributed by atoms with Gasteiger partial charge in [-0.05, 0) is 56.5 Å². The minimum Gasteiger partial charge on any atom is -0.353 e. The number of carbonyl (C=O) groups excluding carboxylic acids is 1. The van der Waals surface area contributed by atoms with Crippen LogP contribution in [0.4, 0.5) is 0 Å². The van der Waals surface area contributed by atoms with Crippen LogP contribution in [0.5, 0.6) is 0 Å². The summed E-state index contributed by atoms with van der Waals surface area (Å²) in [5.41, 5.74) is 0.294. The zero-order valence-corrected chi connectivity index (χ0v) is 11.9. The van der Waals surface area contributed by atoms with Gasteiger partial charge < -0.3 is 10.6 Å². The van der Waals surface area contributed by atoms with Crippen molar-refractivity contribution < 1.29 is 4.79 Å². The van der Waals surface area contributed by atoms with E-state index in [1.807, 2.05) is 0 Å². The molecule has 1 saturated heterocycles. The maximum absolute atomic E-state index is 12.0. The Hall–Kier alpha value is -0.570. The van der Waals surface area contributed by atoms with Crippen molar-refractivity contribution in [2.24, 2.45) is 11.3 Å². The van der Waals surface area contributed by atoms with Crippen molar-refractivity contribution in [3.8, 4) is 0 Å². The Morgan fingerprint density at radius 3 is 2.78 bits per heavy atom. The molecule has 1 saturated carbocycles. The molecule has 1 aliphatic carbocycles. The molecule has 1 heterocycles. The second kappa shape index (κ2) is 6.05. The van der Waals surface area contributed by atoms with Crippen molar-refractivity contribution in [1.29, 1.82) is 0 Å². The van der Waals surface area contributed by atoms with Crippen molar-refractivity contribution in [3.63, 3.8) is 0 Å². The van der Waals surface area contributed by atoms with Gasteiger partial charge in [-0.2, -0.15) is 0 Å². The molecule has 1 amide bonds. The van der Waals surface area contributed by atoms with Gasteiger partial charge in [-0.25, -0.2) is 0 Å². The normalized spacial score (nSPS) is 31.2. The minimum absolute atomic E-state index is 0.264. The number of hydrogen-bond donors (Lipinski definition) is 2. The topological polar surface area (TPSA) is 41.1 Å². The molecule has 104 valence electrons. The second-order valence-corrected chi connectivity index (χ2v) is 6.75. The van der Waals surface area contributed by atoms with Crippen LogP contribution in [0.25, 0.3) is 0 Å². The predicted octanol–water partition coefficient (Wildman–Crippen LogP) is 2.46. The number of nitrogens with one attached hydrogen (secondary N) is 2. The summed E-state index contributed by atoms with van der Waals surface area (Å²) in [6.45, 7) is 6.80.